The highest BCUT2D eigenvalue weighted by Gasteiger charge is 2.37. The minimum Gasteiger partial charge on any atom is -0.468 e. The molecule has 0 aromatic carbocycles. The molecule has 0 aromatic rings. The van der Waals surface area contributed by atoms with Crippen LogP contribution in [0.4, 0.5) is 0 Å². The van der Waals surface area contributed by atoms with Gasteiger partial charge in [-0.25, -0.2) is 0 Å². The molecule has 2 rings (SSSR count). The number of hydrogen-bond acceptors (Lipinski definition) is 4. The third-order valence-electron chi connectivity index (χ3n) is 4.04. The van der Waals surface area contributed by atoms with Crippen LogP contribution in [0.1, 0.15) is 38.5 Å². The van der Waals surface area contributed by atoms with E-state index >= 15 is 0 Å². The first-order valence-corrected chi connectivity index (χ1v) is 6.56. The predicted molar refractivity (Wildman–Crippen MR) is 63.6 cm³/mol. The number of ketones is 1. The highest BCUT2D eigenvalue weighted by atomic mass is 16.5. The summed E-state index contributed by atoms with van der Waals surface area (Å²) >= 11 is 0. The third kappa shape index (κ3) is 2.86. The van der Waals surface area contributed by atoms with Gasteiger partial charge in [-0.15, -0.1) is 0 Å². The minimum atomic E-state index is -0.194. The molecule has 2 atom stereocenters. The monoisotopic (exact) mass is 239 g/mol. The highest BCUT2D eigenvalue weighted by Crippen LogP contribution is 2.32. The van der Waals surface area contributed by atoms with E-state index in [2.05, 4.69) is 4.90 Å². The first-order valence-electron chi connectivity index (χ1n) is 6.56. The summed E-state index contributed by atoms with van der Waals surface area (Å²) in [7, 11) is 1.42. The van der Waals surface area contributed by atoms with E-state index in [9.17, 15) is 9.59 Å². The summed E-state index contributed by atoms with van der Waals surface area (Å²) in [5.41, 5.74) is 0. The second kappa shape index (κ2) is 5.63. The van der Waals surface area contributed by atoms with Gasteiger partial charge in [-0.3, -0.25) is 14.5 Å². The molecule has 0 amide bonds. The molecular weight excluding hydrogens is 218 g/mol. The smallest absolute Gasteiger partial charge is 0.319 e. The van der Waals surface area contributed by atoms with Crippen molar-refractivity contribution in [1.29, 1.82) is 0 Å². The van der Waals surface area contributed by atoms with E-state index in [0.29, 0.717) is 12.3 Å². The number of carbonyl (C=O) groups excluding carboxylic acids is 2. The van der Waals surface area contributed by atoms with Gasteiger partial charge in [0.05, 0.1) is 13.7 Å². The molecule has 1 heterocycles. The predicted octanol–water partition coefficient (Wildman–Crippen LogP) is 1.38. The lowest BCUT2D eigenvalue weighted by molar-refractivity contribution is -0.143. The Kier molecular flexibility index (Phi) is 4.15. The van der Waals surface area contributed by atoms with Gasteiger partial charge in [0, 0.05) is 18.4 Å². The molecule has 2 unspecified atom stereocenters. The van der Waals surface area contributed by atoms with E-state index < -0.39 is 0 Å². The third-order valence-corrected chi connectivity index (χ3v) is 4.04. The van der Waals surface area contributed by atoms with Gasteiger partial charge in [-0.2, -0.15) is 0 Å². The van der Waals surface area contributed by atoms with Crippen LogP contribution in [0.2, 0.25) is 0 Å². The molecule has 96 valence electrons. The Labute approximate surface area is 102 Å². The zero-order valence-electron chi connectivity index (χ0n) is 10.5. The Bertz CT molecular complexity index is 303. The maximum absolute atomic E-state index is 11.9. The number of Topliss-reactive ketones (excluding diaryl/α,β-unsaturated/α-hetero) is 1. The summed E-state index contributed by atoms with van der Waals surface area (Å²) in [6.45, 7) is 1.26. The first kappa shape index (κ1) is 12.6. The van der Waals surface area contributed by atoms with Crippen LogP contribution in [0, 0.1) is 5.92 Å². The van der Waals surface area contributed by atoms with Gasteiger partial charge < -0.3 is 4.74 Å². The van der Waals surface area contributed by atoms with Crippen molar-refractivity contribution in [1.82, 2.24) is 4.90 Å². The molecule has 2 aliphatic rings. The molecule has 1 aliphatic carbocycles. The standard InChI is InChI=1S/C13H21NO3/c1-17-13(16)9-14-8-4-6-11(14)10-5-2-3-7-12(10)15/h10-11H,2-9H2,1H3. The molecule has 17 heavy (non-hydrogen) atoms. The fourth-order valence-corrected chi connectivity index (χ4v) is 3.15. The molecule has 1 aliphatic heterocycles. The van der Waals surface area contributed by atoms with E-state index in [1.807, 2.05) is 0 Å². The molecule has 0 spiro atoms. The number of nitrogens with zero attached hydrogens (tertiary/aromatic N) is 1. The van der Waals surface area contributed by atoms with Crippen LogP contribution in [-0.2, 0) is 14.3 Å². The summed E-state index contributed by atoms with van der Waals surface area (Å²) in [4.78, 5) is 25.4. The lowest BCUT2D eigenvalue weighted by Crippen LogP contribution is -2.43. The van der Waals surface area contributed by atoms with Gasteiger partial charge in [-0.1, -0.05) is 6.42 Å². The molecular formula is C13H21NO3. The van der Waals surface area contributed by atoms with Crippen LogP contribution in [0.25, 0.3) is 0 Å². The summed E-state index contributed by atoms with van der Waals surface area (Å²) in [5.74, 6) is 0.370. The average molecular weight is 239 g/mol. The molecule has 0 bridgehead atoms. The first-order chi connectivity index (χ1) is 8.22. The number of esters is 1. The fraction of sp³-hybridized carbons (Fsp3) is 0.846. The second-order valence-corrected chi connectivity index (χ2v) is 5.07. The molecule has 2 fully saturated rings. The van der Waals surface area contributed by atoms with Crippen LogP contribution >= 0.6 is 0 Å². The highest BCUT2D eigenvalue weighted by molar-refractivity contribution is 5.82. The van der Waals surface area contributed by atoms with Crippen molar-refractivity contribution in [2.75, 3.05) is 20.2 Å². The van der Waals surface area contributed by atoms with Crippen molar-refractivity contribution >= 4 is 11.8 Å². The van der Waals surface area contributed by atoms with Gasteiger partial charge in [0.2, 0.25) is 0 Å². The normalized spacial score (nSPS) is 30.5. The molecule has 1 saturated heterocycles. The van der Waals surface area contributed by atoms with E-state index in [0.717, 1.165) is 45.1 Å². The van der Waals surface area contributed by atoms with E-state index in [1.165, 1.54) is 7.11 Å². The van der Waals surface area contributed by atoms with Crippen LogP contribution in [0.5, 0.6) is 0 Å². The van der Waals surface area contributed by atoms with E-state index in [4.69, 9.17) is 4.74 Å². The minimum absolute atomic E-state index is 0.163. The van der Waals surface area contributed by atoms with Gasteiger partial charge in [0.25, 0.3) is 0 Å². The number of methoxy groups -OCH3 is 1. The second-order valence-electron chi connectivity index (χ2n) is 5.07. The zero-order valence-corrected chi connectivity index (χ0v) is 10.5. The SMILES string of the molecule is COC(=O)CN1CCCC1C1CCCCC1=O. The van der Waals surface area contributed by atoms with Crippen molar-refractivity contribution in [2.45, 2.75) is 44.6 Å². The number of hydrogen-bond donors (Lipinski definition) is 0. The topological polar surface area (TPSA) is 46.6 Å². The van der Waals surface area contributed by atoms with Crippen LogP contribution in [0.15, 0.2) is 0 Å². The van der Waals surface area contributed by atoms with Gasteiger partial charge in [-0.05, 0) is 32.2 Å². The molecule has 4 nitrogen and oxygen atoms in total. The summed E-state index contributed by atoms with van der Waals surface area (Å²) in [6.07, 6.45) is 6.06. The number of carbonyl (C=O) groups is 2. The molecule has 0 N–H and O–H groups in total. The van der Waals surface area contributed by atoms with Crippen molar-refractivity contribution in [3.05, 3.63) is 0 Å². The Hall–Kier alpha value is -0.900. The lowest BCUT2D eigenvalue weighted by Gasteiger charge is -2.32. The van der Waals surface area contributed by atoms with Gasteiger partial charge >= 0.3 is 5.97 Å². The fourth-order valence-electron chi connectivity index (χ4n) is 3.15. The van der Waals surface area contributed by atoms with Gasteiger partial charge in [0.1, 0.15) is 5.78 Å². The number of likely N-dealkylation sites (tertiary alicyclic amines) is 1. The summed E-state index contributed by atoms with van der Waals surface area (Å²) in [6, 6.07) is 0.280. The van der Waals surface area contributed by atoms with Crippen molar-refractivity contribution in [2.24, 2.45) is 5.92 Å². The van der Waals surface area contributed by atoms with Crippen LogP contribution < -0.4 is 0 Å². The Morgan fingerprint density at radius 2 is 2.18 bits per heavy atom. The van der Waals surface area contributed by atoms with Crippen molar-refractivity contribution in [3.63, 3.8) is 0 Å². The number of rotatable bonds is 3. The maximum Gasteiger partial charge on any atom is 0.319 e. The van der Waals surface area contributed by atoms with E-state index in [1.54, 1.807) is 0 Å². The summed E-state index contributed by atoms with van der Waals surface area (Å²) < 4.78 is 4.71. The Morgan fingerprint density at radius 1 is 1.35 bits per heavy atom. The molecule has 1 saturated carbocycles. The van der Waals surface area contributed by atoms with Gasteiger partial charge in [0.15, 0.2) is 0 Å². The van der Waals surface area contributed by atoms with Crippen LogP contribution in [0.3, 0.4) is 0 Å². The largest absolute Gasteiger partial charge is 0.468 e. The van der Waals surface area contributed by atoms with Crippen LogP contribution in [-0.4, -0.2) is 42.9 Å². The quantitative estimate of drug-likeness (QED) is 0.698. The van der Waals surface area contributed by atoms with E-state index in [-0.39, 0.29) is 17.9 Å². The maximum atomic E-state index is 11.9. The molecule has 4 heteroatoms. The van der Waals surface area contributed by atoms with Crippen molar-refractivity contribution in [3.8, 4) is 0 Å². The molecule has 0 radical (unpaired) electrons. The van der Waals surface area contributed by atoms with Crippen molar-refractivity contribution < 1.29 is 14.3 Å². The lowest BCUT2D eigenvalue weighted by atomic mass is 9.82. The average Bonchev–Trinajstić information content (AvgIpc) is 2.77. The number of ether oxygens (including phenoxy) is 1. The Balaban J connectivity index is 1.98. The molecule has 0 aromatic heterocycles. The Morgan fingerprint density at radius 3 is 2.88 bits per heavy atom. The zero-order chi connectivity index (χ0) is 12.3. The summed E-state index contributed by atoms with van der Waals surface area (Å²) in [5, 5.41) is 0.